The highest BCUT2D eigenvalue weighted by Crippen LogP contribution is 2.35. The third-order valence-electron chi connectivity index (χ3n) is 4.52. The lowest BCUT2D eigenvalue weighted by atomic mass is 9.89. The highest BCUT2D eigenvalue weighted by Gasteiger charge is 2.34. The van der Waals surface area contributed by atoms with Gasteiger partial charge in [0.15, 0.2) is 0 Å². The van der Waals surface area contributed by atoms with E-state index in [1.54, 1.807) is 34.6 Å². The number of hydrogen-bond acceptors (Lipinski definition) is 4. The molecule has 0 aliphatic carbocycles. The van der Waals surface area contributed by atoms with Crippen LogP contribution in [-0.2, 0) is 22.7 Å². The largest absolute Gasteiger partial charge is 0.467 e. The van der Waals surface area contributed by atoms with Gasteiger partial charge >= 0.3 is 0 Å². The van der Waals surface area contributed by atoms with Gasteiger partial charge in [-0.2, -0.15) is 0 Å². The Morgan fingerprint density at radius 1 is 1.26 bits per heavy atom. The van der Waals surface area contributed by atoms with Gasteiger partial charge in [-0.05, 0) is 41.3 Å². The molecule has 0 spiro atoms. The molecule has 1 atom stereocenters. The van der Waals surface area contributed by atoms with Gasteiger partial charge in [-0.1, -0.05) is 12.1 Å². The van der Waals surface area contributed by atoms with Crippen LogP contribution in [0.1, 0.15) is 28.5 Å². The molecular formula is C20H17FN2O3S. The molecule has 0 saturated carbocycles. The van der Waals surface area contributed by atoms with E-state index < -0.39 is 11.7 Å². The Hall–Kier alpha value is -2.93. The molecule has 0 radical (unpaired) electrons. The minimum absolute atomic E-state index is 0.0383. The molecule has 138 valence electrons. The molecule has 1 N–H and O–H groups in total. The number of rotatable bonds is 5. The van der Waals surface area contributed by atoms with Crippen LogP contribution in [0.4, 0.5) is 10.1 Å². The van der Waals surface area contributed by atoms with E-state index in [1.807, 2.05) is 23.6 Å². The SMILES string of the molecule is O=C1CC(C(=O)N(Cc2ccco2)Cc2cccs2)c2ccc(F)cc2N1. The lowest BCUT2D eigenvalue weighted by molar-refractivity contribution is -0.136. The van der Waals surface area contributed by atoms with E-state index >= 15 is 0 Å². The number of halogens is 1. The first-order valence-corrected chi connectivity index (χ1v) is 9.41. The number of nitrogens with zero attached hydrogens (tertiary/aromatic N) is 1. The number of thiophene rings is 1. The highest BCUT2D eigenvalue weighted by molar-refractivity contribution is 7.09. The van der Waals surface area contributed by atoms with Crippen LogP contribution >= 0.6 is 11.3 Å². The number of nitrogens with one attached hydrogen (secondary N) is 1. The van der Waals surface area contributed by atoms with Gasteiger partial charge in [0.05, 0.1) is 25.3 Å². The second-order valence-electron chi connectivity index (χ2n) is 6.39. The zero-order valence-electron chi connectivity index (χ0n) is 14.4. The molecule has 3 aromatic rings. The molecule has 3 heterocycles. The Morgan fingerprint density at radius 2 is 2.15 bits per heavy atom. The van der Waals surface area contributed by atoms with E-state index in [4.69, 9.17) is 4.42 Å². The Kier molecular flexibility index (Phi) is 4.77. The minimum atomic E-state index is -0.649. The molecule has 1 aliphatic rings. The number of carbonyl (C=O) groups excluding carboxylic acids is 2. The number of benzene rings is 1. The van der Waals surface area contributed by atoms with Crippen LogP contribution in [0.15, 0.2) is 58.5 Å². The summed E-state index contributed by atoms with van der Waals surface area (Å²) in [6.07, 6.45) is 1.60. The maximum Gasteiger partial charge on any atom is 0.231 e. The molecule has 1 unspecified atom stereocenters. The third-order valence-corrected chi connectivity index (χ3v) is 5.38. The lowest BCUT2D eigenvalue weighted by Gasteiger charge is -2.30. The van der Waals surface area contributed by atoms with Crippen molar-refractivity contribution in [1.82, 2.24) is 4.90 Å². The summed E-state index contributed by atoms with van der Waals surface area (Å²) in [5.74, 6) is -0.903. The zero-order valence-corrected chi connectivity index (χ0v) is 15.2. The minimum Gasteiger partial charge on any atom is -0.467 e. The molecule has 1 aliphatic heterocycles. The number of furan rings is 1. The van der Waals surface area contributed by atoms with Crippen LogP contribution in [0.3, 0.4) is 0 Å². The predicted octanol–water partition coefficient (Wildman–Crippen LogP) is 4.14. The number of amides is 2. The average Bonchev–Trinajstić information content (AvgIpc) is 3.33. The molecule has 0 saturated heterocycles. The molecule has 27 heavy (non-hydrogen) atoms. The standard InChI is InChI=1S/C20H17FN2O3S/c21-13-5-6-16-17(10-19(24)22-18(16)9-13)20(25)23(11-14-3-1-7-26-14)12-15-4-2-8-27-15/h1-9,17H,10-12H2,(H,22,24). The van der Waals surface area contributed by atoms with Crippen molar-refractivity contribution in [2.45, 2.75) is 25.4 Å². The monoisotopic (exact) mass is 384 g/mol. The van der Waals surface area contributed by atoms with E-state index in [-0.39, 0.29) is 18.2 Å². The second kappa shape index (κ2) is 7.36. The van der Waals surface area contributed by atoms with Crippen LogP contribution in [0, 0.1) is 5.82 Å². The topological polar surface area (TPSA) is 62.6 Å². The van der Waals surface area contributed by atoms with Gasteiger partial charge in [0.2, 0.25) is 11.8 Å². The summed E-state index contributed by atoms with van der Waals surface area (Å²) in [5.41, 5.74) is 0.996. The fourth-order valence-electron chi connectivity index (χ4n) is 3.27. The van der Waals surface area contributed by atoms with Crippen LogP contribution in [0.25, 0.3) is 0 Å². The maximum atomic E-state index is 13.6. The average molecular weight is 384 g/mol. The van der Waals surface area contributed by atoms with Crippen molar-refractivity contribution >= 4 is 28.8 Å². The molecule has 0 bridgehead atoms. The van der Waals surface area contributed by atoms with E-state index in [2.05, 4.69) is 5.32 Å². The quantitative estimate of drug-likeness (QED) is 0.719. The number of carbonyl (C=O) groups is 2. The molecule has 7 heteroatoms. The van der Waals surface area contributed by atoms with Gasteiger partial charge in [-0.15, -0.1) is 11.3 Å². The fraction of sp³-hybridized carbons (Fsp3) is 0.200. The highest BCUT2D eigenvalue weighted by atomic mass is 32.1. The smallest absolute Gasteiger partial charge is 0.231 e. The van der Waals surface area contributed by atoms with E-state index in [0.29, 0.717) is 30.1 Å². The Balaban J connectivity index is 1.65. The van der Waals surface area contributed by atoms with Crippen molar-refractivity contribution in [1.29, 1.82) is 0 Å². The van der Waals surface area contributed by atoms with E-state index in [9.17, 15) is 14.0 Å². The summed E-state index contributed by atoms with van der Waals surface area (Å²) >= 11 is 1.56. The first-order chi connectivity index (χ1) is 13.1. The Bertz CT molecular complexity index is 918. The molecular weight excluding hydrogens is 367 g/mol. The van der Waals surface area contributed by atoms with Crippen LogP contribution in [0.5, 0.6) is 0 Å². The van der Waals surface area contributed by atoms with Crippen molar-refractivity contribution < 1.29 is 18.4 Å². The van der Waals surface area contributed by atoms with Crippen molar-refractivity contribution in [3.63, 3.8) is 0 Å². The van der Waals surface area contributed by atoms with Crippen LogP contribution in [0.2, 0.25) is 0 Å². The molecule has 0 fully saturated rings. The van der Waals surface area contributed by atoms with Crippen molar-refractivity contribution in [3.8, 4) is 0 Å². The van der Waals surface area contributed by atoms with Gasteiger partial charge < -0.3 is 14.6 Å². The summed E-state index contributed by atoms with van der Waals surface area (Å²) in [4.78, 5) is 28.2. The second-order valence-corrected chi connectivity index (χ2v) is 7.42. The van der Waals surface area contributed by atoms with Crippen molar-refractivity contribution in [2.24, 2.45) is 0 Å². The van der Waals surface area contributed by atoms with Crippen molar-refractivity contribution in [3.05, 3.63) is 76.1 Å². The number of anilines is 1. The first-order valence-electron chi connectivity index (χ1n) is 8.53. The summed E-state index contributed by atoms with van der Waals surface area (Å²) in [7, 11) is 0. The Morgan fingerprint density at radius 3 is 2.89 bits per heavy atom. The predicted molar refractivity (Wildman–Crippen MR) is 99.7 cm³/mol. The number of fused-ring (bicyclic) bond motifs is 1. The normalized spacial score (nSPS) is 15.9. The van der Waals surface area contributed by atoms with E-state index in [0.717, 1.165) is 4.88 Å². The molecule has 4 rings (SSSR count). The zero-order chi connectivity index (χ0) is 18.8. The van der Waals surface area contributed by atoms with Crippen LogP contribution in [-0.4, -0.2) is 16.7 Å². The maximum absolute atomic E-state index is 13.6. The lowest BCUT2D eigenvalue weighted by Crippen LogP contribution is -2.37. The number of hydrogen-bond donors (Lipinski definition) is 1. The van der Waals surface area contributed by atoms with Gasteiger partial charge in [-0.3, -0.25) is 9.59 Å². The van der Waals surface area contributed by atoms with Crippen LogP contribution < -0.4 is 5.32 Å². The summed E-state index contributed by atoms with van der Waals surface area (Å²) in [5, 5.41) is 4.60. The van der Waals surface area contributed by atoms with Gasteiger partial charge in [0.25, 0.3) is 0 Å². The van der Waals surface area contributed by atoms with Gasteiger partial charge in [0.1, 0.15) is 11.6 Å². The molecule has 2 aromatic heterocycles. The Labute approximate surface area is 159 Å². The van der Waals surface area contributed by atoms with E-state index in [1.165, 1.54) is 12.1 Å². The summed E-state index contributed by atoms with van der Waals surface area (Å²) in [6.45, 7) is 0.726. The summed E-state index contributed by atoms with van der Waals surface area (Å²) in [6, 6.07) is 11.6. The fourth-order valence-corrected chi connectivity index (χ4v) is 3.99. The van der Waals surface area contributed by atoms with Gasteiger partial charge in [0, 0.05) is 17.0 Å². The van der Waals surface area contributed by atoms with Crippen molar-refractivity contribution in [2.75, 3.05) is 5.32 Å². The molecule has 5 nitrogen and oxygen atoms in total. The van der Waals surface area contributed by atoms with Gasteiger partial charge in [-0.25, -0.2) is 4.39 Å². The molecule has 1 aromatic carbocycles. The molecule has 2 amide bonds. The first kappa shape index (κ1) is 17.5. The third kappa shape index (κ3) is 3.78. The summed E-state index contributed by atoms with van der Waals surface area (Å²) < 4.78 is 19.0.